The Hall–Kier alpha value is -2.90. The summed E-state index contributed by atoms with van der Waals surface area (Å²) in [6.07, 6.45) is 0.469. The molecule has 0 saturated heterocycles. The van der Waals surface area contributed by atoms with Crippen LogP contribution in [0.2, 0.25) is 0 Å². The van der Waals surface area contributed by atoms with E-state index in [0.717, 1.165) is 10.2 Å². The van der Waals surface area contributed by atoms with E-state index < -0.39 is 6.09 Å². The molecule has 0 unspecified atom stereocenters. The fraction of sp³-hybridized carbons (Fsp3) is 0.231. The molecule has 112 valence electrons. The number of benzene rings is 1. The van der Waals surface area contributed by atoms with Crippen molar-refractivity contribution in [2.24, 2.45) is 5.10 Å². The molecule has 0 atom stereocenters. The summed E-state index contributed by atoms with van der Waals surface area (Å²) in [5, 5.41) is 18.5. The van der Waals surface area contributed by atoms with Crippen molar-refractivity contribution in [2.75, 3.05) is 18.7 Å². The predicted octanol–water partition coefficient (Wildman–Crippen LogP) is 1.32. The van der Waals surface area contributed by atoms with Gasteiger partial charge in [0.05, 0.1) is 12.3 Å². The zero-order valence-electron chi connectivity index (χ0n) is 11.8. The molecule has 1 aromatic carbocycles. The summed E-state index contributed by atoms with van der Waals surface area (Å²) >= 11 is 0. The van der Waals surface area contributed by atoms with Crippen molar-refractivity contribution in [3.05, 3.63) is 42.2 Å². The van der Waals surface area contributed by atoms with Crippen molar-refractivity contribution < 1.29 is 14.6 Å². The summed E-state index contributed by atoms with van der Waals surface area (Å²) in [6.45, 7) is 2.26. The summed E-state index contributed by atoms with van der Waals surface area (Å²) < 4.78 is 5.34. The van der Waals surface area contributed by atoms with Gasteiger partial charge in [-0.05, 0) is 19.1 Å². The second-order valence-electron chi connectivity index (χ2n) is 4.01. The highest BCUT2D eigenvalue weighted by Gasteiger charge is 2.25. The third-order valence-electron chi connectivity index (χ3n) is 2.61. The van der Waals surface area contributed by atoms with E-state index in [-0.39, 0.29) is 0 Å². The lowest BCUT2D eigenvalue weighted by Crippen LogP contribution is -2.53. The third-order valence-corrected chi connectivity index (χ3v) is 2.61. The molecular formula is C13H17N5O3. The van der Waals surface area contributed by atoms with Crippen LogP contribution < -0.4 is 15.8 Å². The largest absolute Gasteiger partial charge is 0.477 e. The zero-order chi connectivity index (χ0) is 15.2. The number of nitrogens with zero attached hydrogens (tertiary/aromatic N) is 3. The van der Waals surface area contributed by atoms with Crippen LogP contribution in [-0.4, -0.2) is 36.0 Å². The molecule has 1 aliphatic heterocycles. The van der Waals surface area contributed by atoms with Crippen LogP contribution in [0.5, 0.6) is 0 Å². The van der Waals surface area contributed by atoms with Gasteiger partial charge in [-0.3, -0.25) is 0 Å². The van der Waals surface area contributed by atoms with Crippen LogP contribution in [0.1, 0.15) is 6.92 Å². The third kappa shape index (κ3) is 3.35. The highest BCUT2D eigenvalue weighted by Crippen LogP contribution is 2.17. The molecule has 8 heteroatoms. The number of para-hydroxylation sites is 1. The van der Waals surface area contributed by atoms with Crippen LogP contribution in [0.15, 0.2) is 47.3 Å². The van der Waals surface area contributed by atoms with Crippen molar-refractivity contribution in [1.29, 1.82) is 0 Å². The Bertz CT molecular complexity index is 558. The van der Waals surface area contributed by atoms with Crippen LogP contribution in [0, 0.1) is 0 Å². The molecule has 0 fully saturated rings. The minimum absolute atomic E-state index is 0.308. The van der Waals surface area contributed by atoms with Gasteiger partial charge < -0.3 is 15.2 Å². The SMILES string of the molecule is CCOC1=NN(N(C(=O)O)c2ccccc2)NC(NC)=C1. The van der Waals surface area contributed by atoms with E-state index >= 15 is 0 Å². The van der Waals surface area contributed by atoms with E-state index in [1.165, 1.54) is 0 Å². The number of amides is 1. The quantitative estimate of drug-likeness (QED) is 0.775. The van der Waals surface area contributed by atoms with Gasteiger partial charge in [0.25, 0.3) is 0 Å². The van der Waals surface area contributed by atoms with Crippen molar-refractivity contribution in [3.8, 4) is 0 Å². The van der Waals surface area contributed by atoms with E-state index in [9.17, 15) is 9.90 Å². The molecule has 1 aliphatic rings. The molecule has 1 aromatic rings. The van der Waals surface area contributed by atoms with Crippen LogP contribution >= 0.6 is 0 Å². The van der Waals surface area contributed by atoms with Gasteiger partial charge in [0, 0.05) is 13.1 Å². The zero-order valence-corrected chi connectivity index (χ0v) is 11.8. The predicted molar refractivity (Wildman–Crippen MR) is 78.1 cm³/mol. The molecule has 21 heavy (non-hydrogen) atoms. The number of rotatable bonds is 4. The lowest BCUT2D eigenvalue weighted by Gasteiger charge is -2.33. The summed E-state index contributed by atoms with van der Waals surface area (Å²) in [6, 6.07) is 8.64. The van der Waals surface area contributed by atoms with Crippen molar-refractivity contribution in [2.45, 2.75) is 6.92 Å². The first-order valence-electron chi connectivity index (χ1n) is 6.41. The molecule has 0 spiro atoms. The Balaban J connectivity index is 2.33. The van der Waals surface area contributed by atoms with E-state index in [1.54, 1.807) is 43.5 Å². The Labute approximate surface area is 122 Å². The highest BCUT2D eigenvalue weighted by atomic mass is 16.5. The summed E-state index contributed by atoms with van der Waals surface area (Å²) in [5.41, 5.74) is 3.29. The summed E-state index contributed by atoms with van der Waals surface area (Å²) in [4.78, 5) is 11.6. The second-order valence-corrected chi connectivity index (χ2v) is 4.01. The van der Waals surface area contributed by atoms with E-state index in [0.29, 0.717) is 24.0 Å². The monoisotopic (exact) mass is 291 g/mol. The second kappa shape index (κ2) is 6.51. The fourth-order valence-corrected chi connectivity index (χ4v) is 1.72. The van der Waals surface area contributed by atoms with Gasteiger partial charge in [0.1, 0.15) is 5.82 Å². The van der Waals surface area contributed by atoms with E-state index in [1.807, 2.05) is 6.92 Å². The van der Waals surface area contributed by atoms with Gasteiger partial charge in [-0.25, -0.2) is 10.2 Å². The standard InChI is InChI=1S/C13H17N5O3/c1-3-21-12-9-11(14-2)15-18(16-12)17(13(19)20)10-7-5-4-6-8-10/h4-9,14-15H,3H2,1-2H3,(H,19,20). The molecule has 8 nitrogen and oxygen atoms in total. The molecule has 1 amide bonds. The minimum atomic E-state index is -1.18. The van der Waals surface area contributed by atoms with Crippen LogP contribution in [0.3, 0.4) is 0 Å². The van der Waals surface area contributed by atoms with Gasteiger partial charge >= 0.3 is 6.09 Å². The summed E-state index contributed by atoms with van der Waals surface area (Å²) in [5.74, 6) is 0.874. The lowest BCUT2D eigenvalue weighted by atomic mass is 10.3. The number of anilines is 1. The lowest BCUT2D eigenvalue weighted by molar-refractivity contribution is 0.142. The maximum Gasteiger partial charge on any atom is 0.434 e. The van der Waals surface area contributed by atoms with Gasteiger partial charge in [0.2, 0.25) is 5.90 Å². The first-order chi connectivity index (χ1) is 10.2. The van der Waals surface area contributed by atoms with Crippen molar-refractivity contribution in [1.82, 2.24) is 16.0 Å². The smallest absolute Gasteiger partial charge is 0.434 e. The fourth-order valence-electron chi connectivity index (χ4n) is 1.72. The molecular weight excluding hydrogens is 274 g/mol. The molecule has 0 bridgehead atoms. The van der Waals surface area contributed by atoms with Gasteiger partial charge in [-0.15, -0.1) is 5.01 Å². The van der Waals surface area contributed by atoms with Gasteiger partial charge in [-0.2, -0.15) is 0 Å². The summed E-state index contributed by atoms with van der Waals surface area (Å²) in [7, 11) is 1.71. The Morgan fingerprint density at radius 1 is 1.48 bits per heavy atom. The van der Waals surface area contributed by atoms with E-state index in [4.69, 9.17) is 4.74 Å². The van der Waals surface area contributed by atoms with Gasteiger partial charge in [0.15, 0.2) is 0 Å². The number of carboxylic acid groups (broad SMARTS) is 1. The first kappa shape index (κ1) is 14.5. The average molecular weight is 291 g/mol. The highest BCUT2D eigenvalue weighted by molar-refractivity contribution is 5.90. The first-order valence-corrected chi connectivity index (χ1v) is 6.41. The van der Waals surface area contributed by atoms with E-state index in [2.05, 4.69) is 15.8 Å². The Morgan fingerprint density at radius 3 is 2.76 bits per heavy atom. The number of hydrogen-bond donors (Lipinski definition) is 3. The topological polar surface area (TPSA) is 89.4 Å². The minimum Gasteiger partial charge on any atom is -0.477 e. The maximum atomic E-state index is 11.6. The molecule has 0 saturated carbocycles. The number of hydrazone groups is 1. The number of nitrogens with one attached hydrogen (secondary N) is 2. The Kier molecular flexibility index (Phi) is 4.50. The van der Waals surface area contributed by atoms with Crippen LogP contribution in [0.25, 0.3) is 0 Å². The molecule has 2 rings (SSSR count). The Morgan fingerprint density at radius 2 is 2.19 bits per heavy atom. The number of hydrazine groups is 2. The van der Waals surface area contributed by atoms with Crippen LogP contribution in [-0.2, 0) is 4.74 Å². The van der Waals surface area contributed by atoms with Crippen molar-refractivity contribution >= 4 is 17.7 Å². The normalized spacial score (nSPS) is 13.7. The van der Waals surface area contributed by atoms with Crippen LogP contribution in [0.4, 0.5) is 10.5 Å². The molecule has 0 aromatic heterocycles. The van der Waals surface area contributed by atoms with Crippen molar-refractivity contribution in [3.63, 3.8) is 0 Å². The molecule has 0 radical (unpaired) electrons. The molecule has 0 aliphatic carbocycles. The van der Waals surface area contributed by atoms with Gasteiger partial charge in [-0.1, -0.05) is 28.5 Å². The average Bonchev–Trinajstić information content (AvgIpc) is 2.48. The molecule has 1 heterocycles. The number of carbonyl (C=O) groups is 1. The number of hydrogen-bond acceptors (Lipinski definition) is 6. The maximum absolute atomic E-state index is 11.6. The molecule has 3 N–H and O–H groups in total. The number of ether oxygens (including phenoxy) is 1.